The van der Waals surface area contributed by atoms with Crippen LogP contribution in [0.4, 0.5) is 5.69 Å². The second-order valence-electron chi connectivity index (χ2n) is 5.05. The summed E-state index contributed by atoms with van der Waals surface area (Å²) in [5.74, 6) is 1.25. The van der Waals surface area contributed by atoms with Gasteiger partial charge >= 0.3 is 0 Å². The van der Waals surface area contributed by atoms with Crippen LogP contribution in [0.1, 0.15) is 31.2 Å². The molecular weight excluding hydrogens is 240 g/mol. The Bertz CT molecular complexity index is 460. The van der Waals surface area contributed by atoms with E-state index in [-0.39, 0.29) is 6.10 Å². The monoisotopic (exact) mass is 260 g/mol. The lowest BCUT2D eigenvalue weighted by Gasteiger charge is -2.28. The summed E-state index contributed by atoms with van der Waals surface area (Å²) in [6.07, 6.45) is 4.43. The maximum absolute atomic E-state index is 9.11. The maximum Gasteiger partial charge on any atom is 0.139 e. The van der Waals surface area contributed by atoms with Gasteiger partial charge in [-0.25, -0.2) is 0 Å². The van der Waals surface area contributed by atoms with E-state index in [4.69, 9.17) is 20.5 Å². The predicted octanol–water partition coefficient (Wildman–Crippen LogP) is 2.72. The smallest absolute Gasteiger partial charge is 0.139 e. The number of nitrogen functional groups attached to an aromatic ring is 1. The third kappa shape index (κ3) is 3.39. The number of anilines is 1. The second kappa shape index (κ2) is 6.44. The molecule has 0 atom stereocenters. The van der Waals surface area contributed by atoms with Crippen LogP contribution in [0.25, 0.3) is 0 Å². The molecule has 1 saturated carbocycles. The molecule has 2 rings (SSSR count). The number of hydrogen-bond acceptors (Lipinski definition) is 4. The van der Waals surface area contributed by atoms with E-state index in [1.807, 2.05) is 12.1 Å². The molecule has 19 heavy (non-hydrogen) atoms. The van der Waals surface area contributed by atoms with Crippen LogP contribution in [0.2, 0.25) is 0 Å². The van der Waals surface area contributed by atoms with Crippen molar-refractivity contribution in [3.05, 3.63) is 23.8 Å². The lowest BCUT2D eigenvalue weighted by molar-refractivity contribution is 0.0839. The maximum atomic E-state index is 9.11. The minimum absolute atomic E-state index is 0.182. The number of nitriles is 1. The van der Waals surface area contributed by atoms with E-state index < -0.39 is 0 Å². The normalized spacial score (nSPS) is 22.7. The first-order chi connectivity index (χ1) is 9.24. The van der Waals surface area contributed by atoms with Crippen LogP contribution in [0, 0.1) is 17.2 Å². The van der Waals surface area contributed by atoms with Gasteiger partial charge in [-0.3, -0.25) is 0 Å². The van der Waals surface area contributed by atoms with E-state index in [9.17, 15) is 0 Å². The zero-order valence-electron chi connectivity index (χ0n) is 11.3. The van der Waals surface area contributed by atoms with Gasteiger partial charge in [0, 0.05) is 13.7 Å². The molecule has 1 aliphatic carbocycles. The summed E-state index contributed by atoms with van der Waals surface area (Å²) in [5, 5.41) is 9.11. The standard InChI is InChI=1S/C15H20N2O2/c1-18-10-11-5-7-12(8-6-11)19-15-4-2-3-14(17)13(15)9-16/h2-4,11-12H,5-8,10,17H2,1H3/t11-,12-. The number of rotatable bonds is 4. The third-order valence-corrected chi connectivity index (χ3v) is 3.66. The highest BCUT2D eigenvalue weighted by molar-refractivity contribution is 5.60. The summed E-state index contributed by atoms with van der Waals surface area (Å²) in [6, 6.07) is 7.47. The molecule has 0 aromatic heterocycles. The van der Waals surface area contributed by atoms with Crippen LogP contribution in [-0.4, -0.2) is 19.8 Å². The van der Waals surface area contributed by atoms with E-state index in [2.05, 4.69) is 6.07 Å². The number of benzene rings is 1. The number of hydrogen-bond donors (Lipinski definition) is 1. The van der Waals surface area contributed by atoms with Crippen LogP contribution in [0.5, 0.6) is 5.75 Å². The molecule has 0 unspecified atom stereocenters. The Balaban J connectivity index is 1.96. The molecule has 1 aliphatic rings. The van der Waals surface area contributed by atoms with Crippen molar-refractivity contribution in [1.82, 2.24) is 0 Å². The molecule has 4 heteroatoms. The molecule has 0 amide bonds. The van der Waals surface area contributed by atoms with E-state index in [1.165, 1.54) is 0 Å². The largest absolute Gasteiger partial charge is 0.489 e. The number of nitrogens with zero attached hydrogens (tertiary/aromatic N) is 1. The van der Waals surface area contributed by atoms with E-state index in [0.717, 1.165) is 32.3 Å². The minimum atomic E-state index is 0.182. The number of methoxy groups -OCH3 is 1. The Morgan fingerprint density at radius 3 is 2.68 bits per heavy atom. The van der Waals surface area contributed by atoms with Gasteiger partial charge in [-0.05, 0) is 43.7 Å². The molecule has 1 aromatic rings. The van der Waals surface area contributed by atoms with Crippen molar-refractivity contribution in [3.63, 3.8) is 0 Å². The predicted molar refractivity (Wildman–Crippen MR) is 73.8 cm³/mol. The topological polar surface area (TPSA) is 68.3 Å². The van der Waals surface area contributed by atoms with Crippen LogP contribution in [0.3, 0.4) is 0 Å². The van der Waals surface area contributed by atoms with E-state index >= 15 is 0 Å². The van der Waals surface area contributed by atoms with E-state index in [1.54, 1.807) is 13.2 Å². The molecule has 0 saturated heterocycles. The van der Waals surface area contributed by atoms with Crippen LogP contribution in [0.15, 0.2) is 18.2 Å². The van der Waals surface area contributed by atoms with Crippen molar-refractivity contribution >= 4 is 5.69 Å². The quantitative estimate of drug-likeness (QED) is 0.845. The van der Waals surface area contributed by atoms with Crippen molar-refractivity contribution in [2.45, 2.75) is 31.8 Å². The van der Waals surface area contributed by atoms with Crippen molar-refractivity contribution in [1.29, 1.82) is 5.26 Å². The summed E-state index contributed by atoms with van der Waals surface area (Å²) < 4.78 is 11.1. The SMILES string of the molecule is COC[C@H]1CC[C@H](Oc2cccc(N)c2C#N)CC1. The Morgan fingerprint density at radius 1 is 1.32 bits per heavy atom. The minimum Gasteiger partial charge on any atom is -0.489 e. The summed E-state index contributed by atoms with van der Waals surface area (Å²) in [5.41, 5.74) is 6.71. The first-order valence-electron chi connectivity index (χ1n) is 6.68. The Labute approximate surface area is 114 Å². The first-order valence-corrected chi connectivity index (χ1v) is 6.68. The summed E-state index contributed by atoms with van der Waals surface area (Å²) >= 11 is 0. The molecule has 1 aromatic carbocycles. The van der Waals surface area contributed by atoms with Crippen molar-refractivity contribution in [2.75, 3.05) is 19.5 Å². The highest BCUT2D eigenvalue weighted by Gasteiger charge is 2.23. The Morgan fingerprint density at radius 2 is 2.05 bits per heavy atom. The zero-order chi connectivity index (χ0) is 13.7. The third-order valence-electron chi connectivity index (χ3n) is 3.66. The molecule has 4 nitrogen and oxygen atoms in total. The average Bonchev–Trinajstić information content (AvgIpc) is 2.42. The van der Waals surface area contributed by atoms with Gasteiger partial charge in [0.1, 0.15) is 17.4 Å². The fourth-order valence-corrected chi connectivity index (χ4v) is 2.60. The fourth-order valence-electron chi connectivity index (χ4n) is 2.60. The van der Waals surface area contributed by atoms with Crippen molar-refractivity contribution in [2.24, 2.45) is 5.92 Å². The van der Waals surface area contributed by atoms with Crippen molar-refractivity contribution in [3.8, 4) is 11.8 Å². The molecule has 1 fully saturated rings. The van der Waals surface area contributed by atoms with Crippen molar-refractivity contribution < 1.29 is 9.47 Å². The van der Waals surface area contributed by atoms with Gasteiger partial charge in [-0.1, -0.05) is 6.07 Å². The Kier molecular flexibility index (Phi) is 4.64. The van der Waals surface area contributed by atoms with Gasteiger partial charge in [0.25, 0.3) is 0 Å². The number of nitrogens with two attached hydrogens (primary N) is 1. The second-order valence-corrected chi connectivity index (χ2v) is 5.05. The van der Waals surface area contributed by atoms with Gasteiger partial charge in [0.15, 0.2) is 0 Å². The molecule has 0 radical (unpaired) electrons. The zero-order valence-corrected chi connectivity index (χ0v) is 11.3. The van der Waals surface area contributed by atoms with Crippen LogP contribution >= 0.6 is 0 Å². The Hall–Kier alpha value is -1.73. The first kappa shape index (κ1) is 13.7. The molecule has 0 heterocycles. The molecule has 0 aliphatic heterocycles. The summed E-state index contributed by atoms with van der Waals surface area (Å²) in [4.78, 5) is 0. The summed E-state index contributed by atoms with van der Waals surface area (Å²) in [6.45, 7) is 0.828. The highest BCUT2D eigenvalue weighted by Crippen LogP contribution is 2.30. The molecule has 0 bridgehead atoms. The van der Waals surface area contributed by atoms with Gasteiger partial charge in [0.05, 0.1) is 11.8 Å². The summed E-state index contributed by atoms with van der Waals surface area (Å²) in [7, 11) is 1.74. The van der Waals surface area contributed by atoms with Gasteiger partial charge in [-0.15, -0.1) is 0 Å². The molecule has 2 N–H and O–H groups in total. The number of ether oxygens (including phenoxy) is 2. The average molecular weight is 260 g/mol. The van der Waals surface area contributed by atoms with Gasteiger partial charge in [0.2, 0.25) is 0 Å². The molecule has 102 valence electrons. The molecular formula is C15H20N2O2. The van der Waals surface area contributed by atoms with Gasteiger partial charge in [-0.2, -0.15) is 5.26 Å². The lowest BCUT2D eigenvalue weighted by Crippen LogP contribution is -2.26. The highest BCUT2D eigenvalue weighted by atomic mass is 16.5. The van der Waals surface area contributed by atoms with Gasteiger partial charge < -0.3 is 15.2 Å². The fraction of sp³-hybridized carbons (Fsp3) is 0.533. The van der Waals surface area contributed by atoms with Crippen LogP contribution < -0.4 is 10.5 Å². The lowest BCUT2D eigenvalue weighted by atomic mass is 9.88. The van der Waals surface area contributed by atoms with Crippen LogP contribution in [-0.2, 0) is 4.74 Å². The van der Waals surface area contributed by atoms with E-state index in [0.29, 0.717) is 22.9 Å². The molecule has 0 spiro atoms.